The molecule has 2 rings (SSSR count). The Kier molecular flexibility index (Phi) is 4.28. The summed E-state index contributed by atoms with van der Waals surface area (Å²) in [6.45, 7) is 2.32. The van der Waals surface area contributed by atoms with E-state index < -0.39 is 0 Å². The third kappa shape index (κ3) is 3.05. The molecule has 18 heavy (non-hydrogen) atoms. The lowest BCUT2D eigenvalue weighted by Crippen LogP contribution is -2.06. The lowest BCUT2D eigenvalue weighted by molar-refractivity contribution is 0.602. The van der Waals surface area contributed by atoms with Crippen LogP contribution in [-0.2, 0) is 12.3 Å². The van der Waals surface area contributed by atoms with Crippen LogP contribution in [0.4, 0.5) is 4.39 Å². The van der Waals surface area contributed by atoms with E-state index in [-0.39, 0.29) is 5.82 Å². The van der Waals surface area contributed by atoms with E-state index in [1.54, 1.807) is 18.3 Å². The second kappa shape index (κ2) is 5.93. The maximum Gasteiger partial charge on any atom is 0.138 e. The summed E-state index contributed by atoms with van der Waals surface area (Å²) in [5.41, 5.74) is 7.42. The summed E-state index contributed by atoms with van der Waals surface area (Å²) in [4.78, 5) is 9.19. The molecule has 0 aliphatic heterocycles. The number of aryl methyl sites for hydroxylation is 1. The monoisotopic (exact) mass is 263 g/mol. The third-order valence-corrected chi connectivity index (χ3v) is 3.56. The van der Waals surface area contributed by atoms with E-state index in [0.29, 0.717) is 23.0 Å². The number of nitrogens with two attached hydrogens (primary N) is 1. The van der Waals surface area contributed by atoms with Crippen molar-refractivity contribution in [1.29, 1.82) is 0 Å². The fraction of sp³-hybridized carbons (Fsp3) is 0.231. The van der Waals surface area contributed by atoms with Crippen molar-refractivity contribution in [3.05, 3.63) is 53.4 Å². The number of hydrogen-bond donors (Lipinski definition) is 1. The van der Waals surface area contributed by atoms with E-state index in [9.17, 15) is 4.39 Å². The highest BCUT2D eigenvalue weighted by Crippen LogP contribution is 2.24. The van der Waals surface area contributed by atoms with Gasteiger partial charge in [0.1, 0.15) is 11.6 Å². The molecule has 0 bridgehead atoms. The molecule has 0 saturated heterocycles. The van der Waals surface area contributed by atoms with Gasteiger partial charge in [-0.3, -0.25) is 0 Å². The van der Waals surface area contributed by atoms with E-state index in [0.717, 1.165) is 11.3 Å². The summed E-state index contributed by atoms with van der Waals surface area (Å²) in [7, 11) is 0. The molecule has 0 amide bonds. The second-order valence-electron chi connectivity index (χ2n) is 3.84. The summed E-state index contributed by atoms with van der Waals surface area (Å²) in [5, 5.41) is 0. The fourth-order valence-electron chi connectivity index (χ4n) is 1.50. The summed E-state index contributed by atoms with van der Waals surface area (Å²) in [6.07, 6.45) is 1.76. The maximum atomic E-state index is 13.4. The number of nitrogens with zero attached hydrogens (tertiary/aromatic N) is 2. The summed E-state index contributed by atoms with van der Waals surface area (Å²) < 4.78 is 13.4. The van der Waals surface area contributed by atoms with Crippen molar-refractivity contribution >= 4 is 11.8 Å². The molecule has 0 radical (unpaired) electrons. The van der Waals surface area contributed by atoms with Crippen molar-refractivity contribution in [2.24, 2.45) is 5.73 Å². The quantitative estimate of drug-likeness (QED) is 0.862. The highest BCUT2D eigenvalue weighted by Gasteiger charge is 2.05. The Morgan fingerprint density at radius 1 is 1.33 bits per heavy atom. The van der Waals surface area contributed by atoms with Gasteiger partial charge in [0.2, 0.25) is 0 Å². The molecular weight excluding hydrogens is 249 g/mol. The molecule has 1 aromatic heterocycles. The van der Waals surface area contributed by atoms with Crippen molar-refractivity contribution in [1.82, 2.24) is 9.97 Å². The van der Waals surface area contributed by atoms with Gasteiger partial charge in [0.25, 0.3) is 0 Å². The van der Waals surface area contributed by atoms with Crippen LogP contribution in [0.1, 0.15) is 17.1 Å². The number of halogens is 1. The zero-order valence-electron chi connectivity index (χ0n) is 10.1. The lowest BCUT2D eigenvalue weighted by Gasteiger charge is -2.05. The Labute approximate surface area is 110 Å². The van der Waals surface area contributed by atoms with Gasteiger partial charge in [0.15, 0.2) is 0 Å². The molecule has 94 valence electrons. The van der Waals surface area contributed by atoms with E-state index >= 15 is 0 Å². The van der Waals surface area contributed by atoms with Gasteiger partial charge in [-0.25, -0.2) is 14.4 Å². The van der Waals surface area contributed by atoms with Crippen molar-refractivity contribution in [2.75, 3.05) is 0 Å². The molecule has 2 aromatic rings. The van der Waals surface area contributed by atoms with Crippen LogP contribution in [0.5, 0.6) is 0 Å². The average Bonchev–Trinajstić information content (AvgIpc) is 2.39. The minimum atomic E-state index is -0.214. The standard InChI is InChI=1S/C13H14FN3S/c1-9-7-16-13(17-11(9)6-15)8-18-12-5-3-2-4-10(12)14/h2-5,7H,6,8,15H2,1H3. The van der Waals surface area contributed by atoms with Gasteiger partial charge in [-0.1, -0.05) is 12.1 Å². The van der Waals surface area contributed by atoms with Crippen molar-refractivity contribution < 1.29 is 4.39 Å². The Balaban J connectivity index is 2.09. The van der Waals surface area contributed by atoms with Crippen molar-refractivity contribution in [3.63, 3.8) is 0 Å². The van der Waals surface area contributed by atoms with Crippen molar-refractivity contribution in [3.8, 4) is 0 Å². The number of aromatic nitrogens is 2. The van der Waals surface area contributed by atoms with E-state index in [2.05, 4.69) is 9.97 Å². The lowest BCUT2D eigenvalue weighted by atomic mass is 10.2. The molecule has 0 atom stereocenters. The molecule has 0 aliphatic rings. The van der Waals surface area contributed by atoms with Crippen LogP contribution in [0.15, 0.2) is 35.4 Å². The van der Waals surface area contributed by atoms with Crippen LogP contribution in [0.2, 0.25) is 0 Å². The first kappa shape index (κ1) is 13.0. The molecule has 0 fully saturated rings. The molecule has 1 aromatic carbocycles. The SMILES string of the molecule is Cc1cnc(CSc2ccccc2F)nc1CN. The number of thioether (sulfide) groups is 1. The van der Waals surface area contributed by atoms with Crippen molar-refractivity contribution in [2.45, 2.75) is 24.1 Å². The maximum absolute atomic E-state index is 13.4. The minimum Gasteiger partial charge on any atom is -0.325 e. The van der Waals surface area contributed by atoms with E-state index in [1.165, 1.54) is 17.8 Å². The predicted molar refractivity (Wildman–Crippen MR) is 70.6 cm³/mol. The van der Waals surface area contributed by atoms with Gasteiger partial charge in [0.05, 0.1) is 11.4 Å². The minimum absolute atomic E-state index is 0.214. The van der Waals surface area contributed by atoms with Crippen LogP contribution in [0.25, 0.3) is 0 Å². The van der Waals surface area contributed by atoms with Gasteiger partial charge < -0.3 is 5.73 Å². The summed E-state index contributed by atoms with van der Waals surface area (Å²) in [5.74, 6) is 0.997. The highest BCUT2D eigenvalue weighted by atomic mass is 32.2. The highest BCUT2D eigenvalue weighted by molar-refractivity contribution is 7.98. The van der Waals surface area contributed by atoms with E-state index in [1.807, 2.05) is 13.0 Å². The molecule has 1 heterocycles. The Morgan fingerprint density at radius 2 is 2.11 bits per heavy atom. The molecule has 0 unspecified atom stereocenters. The van der Waals surface area contributed by atoms with Gasteiger partial charge in [0, 0.05) is 17.6 Å². The van der Waals surface area contributed by atoms with Gasteiger partial charge in [-0.15, -0.1) is 11.8 Å². The average molecular weight is 263 g/mol. The topological polar surface area (TPSA) is 51.8 Å². The van der Waals surface area contributed by atoms with Crippen LogP contribution in [0, 0.1) is 12.7 Å². The second-order valence-corrected chi connectivity index (χ2v) is 4.86. The van der Waals surface area contributed by atoms with Crippen LogP contribution in [0.3, 0.4) is 0 Å². The number of hydrogen-bond acceptors (Lipinski definition) is 4. The molecule has 3 nitrogen and oxygen atoms in total. The van der Waals surface area contributed by atoms with Crippen LogP contribution < -0.4 is 5.73 Å². The smallest absolute Gasteiger partial charge is 0.138 e. The third-order valence-electron chi connectivity index (χ3n) is 2.51. The number of benzene rings is 1. The molecule has 0 aliphatic carbocycles. The van der Waals surface area contributed by atoms with Crippen LogP contribution >= 0.6 is 11.8 Å². The molecule has 0 saturated carbocycles. The number of rotatable bonds is 4. The largest absolute Gasteiger partial charge is 0.325 e. The Morgan fingerprint density at radius 3 is 2.83 bits per heavy atom. The van der Waals surface area contributed by atoms with E-state index in [4.69, 9.17) is 5.73 Å². The normalized spacial score (nSPS) is 10.6. The predicted octanol–water partition coefficient (Wildman–Crippen LogP) is 2.68. The zero-order chi connectivity index (χ0) is 13.0. The Bertz CT molecular complexity index is 546. The fourth-order valence-corrected chi connectivity index (χ4v) is 2.30. The molecule has 5 heteroatoms. The van der Waals surface area contributed by atoms with Gasteiger partial charge >= 0.3 is 0 Å². The van der Waals surface area contributed by atoms with Crippen LogP contribution in [-0.4, -0.2) is 9.97 Å². The zero-order valence-corrected chi connectivity index (χ0v) is 10.9. The molecular formula is C13H14FN3S. The Hall–Kier alpha value is -1.46. The summed E-state index contributed by atoms with van der Waals surface area (Å²) in [6, 6.07) is 6.68. The first-order chi connectivity index (χ1) is 8.70. The first-order valence-electron chi connectivity index (χ1n) is 5.59. The van der Waals surface area contributed by atoms with Gasteiger partial charge in [-0.2, -0.15) is 0 Å². The molecule has 0 spiro atoms. The summed E-state index contributed by atoms with van der Waals surface area (Å²) >= 11 is 1.38. The first-order valence-corrected chi connectivity index (χ1v) is 6.58. The van der Waals surface area contributed by atoms with Gasteiger partial charge in [-0.05, 0) is 24.6 Å². The molecule has 2 N–H and O–H groups in total.